The fourth-order valence-electron chi connectivity index (χ4n) is 2.17. The lowest BCUT2D eigenvalue weighted by Gasteiger charge is -2.24. The second kappa shape index (κ2) is 9.50. The van der Waals surface area contributed by atoms with E-state index in [0.29, 0.717) is 10.7 Å². The first-order valence-corrected chi connectivity index (χ1v) is 8.70. The Kier molecular flexibility index (Phi) is 8.38. The van der Waals surface area contributed by atoms with Crippen LogP contribution in [0.15, 0.2) is 4.99 Å². The van der Waals surface area contributed by atoms with E-state index in [1.165, 1.54) is 18.6 Å². The van der Waals surface area contributed by atoms with Crippen molar-refractivity contribution in [1.82, 2.24) is 10.6 Å². The minimum atomic E-state index is 0.373. The lowest BCUT2D eigenvalue weighted by atomic mass is 10.1. The van der Waals surface area contributed by atoms with E-state index in [-0.39, 0.29) is 0 Å². The monoisotopic (exact) mass is 301 g/mol. The summed E-state index contributed by atoms with van der Waals surface area (Å²) in [6.07, 6.45) is 3.65. The molecule has 0 aromatic rings. The van der Waals surface area contributed by atoms with E-state index < -0.39 is 0 Å². The van der Waals surface area contributed by atoms with Gasteiger partial charge >= 0.3 is 0 Å². The molecule has 1 heterocycles. The lowest BCUT2D eigenvalue weighted by Crippen LogP contribution is -2.44. The second-order valence-corrected chi connectivity index (χ2v) is 7.76. The Bertz CT molecular complexity index is 289. The third-order valence-corrected chi connectivity index (χ3v) is 4.90. The standard InChI is InChI=1S/C15H31N3OS/c1-13(2)11-19-9-6-8-17-14(16-4)18-12-15(3)7-5-10-20-15/h13H,5-12H2,1-4H3,(H2,16,17,18). The number of aliphatic imine (C=N–C) groups is 1. The van der Waals surface area contributed by atoms with Gasteiger partial charge in [0.05, 0.1) is 0 Å². The van der Waals surface area contributed by atoms with Crippen molar-refractivity contribution >= 4 is 17.7 Å². The summed E-state index contributed by atoms with van der Waals surface area (Å²) in [6.45, 7) is 10.2. The topological polar surface area (TPSA) is 45.7 Å². The van der Waals surface area contributed by atoms with Gasteiger partial charge in [0.15, 0.2) is 5.96 Å². The average Bonchev–Trinajstić information content (AvgIpc) is 2.84. The Morgan fingerprint density at radius 1 is 1.40 bits per heavy atom. The second-order valence-electron chi connectivity index (χ2n) is 6.08. The average molecular weight is 302 g/mol. The van der Waals surface area contributed by atoms with Crippen LogP contribution in [0.5, 0.6) is 0 Å². The highest BCUT2D eigenvalue weighted by Crippen LogP contribution is 2.36. The number of nitrogens with zero attached hydrogens (tertiary/aromatic N) is 1. The molecule has 4 nitrogen and oxygen atoms in total. The first-order chi connectivity index (χ1) is 9.56. The number of ether oxygens (including phenoxy) is 1. The Labute approximate surface area is 128 Å². The summed E-state index contributed by atoms with van der Waals surface area (Å²) in [4.78, 5) is 4.27. The van der Waals surface area contributed by atoms with Crippen molar-refractivity contribution in [3.63, 3.8) is 0 Å². The maximum absolute atomic E-state index is 5.56. The first kappa shape index (κ1) is 17.6. The van der Waals surface area contributed by atoms with Gasteiger partial charge in [-0.25, -0.2) is 0 Å². The van der Waals surface area contributed by atoms with Crippen LogP contribution in [-0.4, -0.2) is 49.8 Å². The van der Waals surface area contributed by atoms with Crippen LogP contribution in [0, 0.1) is 5.92 Å². The molecule has 20 heavy (non-hydrogen) atoms. The first-order valence-electron chi connectivity index (χ1n) is 7.72. The van der Waals surface area contributed by atoms with E-state index in [0.717, 1.165) is 38.7 Å². The Morgan fingerprint density at radius 3 is 2.80 bits per heavy atom. The number of hydrogen-bond donors (Lipinski definition) is 2. The van der Waals surface area contributed by atoms with E-state index in [1.54, 1.807) is 0 Å². The zero-order valence-corrected chi connectivity index (χ0v) is 14.3. The summed E-state index contributed by atoms with van der Waals surface area (Å²) in [6, 6.07) is 0. The lowest BCUT2D eigenvalue weighted by molar-refractivity contribution is 0.108. The summed E-state index contributed by atoms with van der Waals surface area (Å²) < 4.78 is 5.94. The molecule has 0 spiro atoms. The third-order valence-electron chi connectivity index (χ3n) is 3.36. The maximum atomic E-state index is 5.56. The molecule has 1 unspecified atom stereocenters. The van der Waals surface area contributed by atoms with E-state index in [1.807, 2.05) is 7.05 Å². The van der Waals surface area contributed by atoms with Crippen LogP contribution >= 0.6 is 11.8 Å². The molecule has 2 N–H and O–H groups in total. The number of nitrogens with one attached hydrogen (secondary N) is 2. The highest BCUT2D eigenvalue weighted by Gasteiger charge is 2.29. The number of thioether (sulfide) groups is 1. The van der Waals surface area contributed by atoms with Crippen LogP contribution in [0.1, 0.15) is 40.0 Å². The van der Waals surface area contributed by atoms with Gasteiger partial charge in [-0.1, -0.05) is 13.8 Å². The zero-order chi connectivity index (χ0) is 14.8. The van der Waals surface area contributed by atoms with Crippen LogP contribution in [-0.2, 0) is 4.74 Å². The van der Waals surface area contributed by atoms with Gasteiger partial charge in [-0.15, -0.1) is 0 Å². The van der Waals surface area contributed by atoms with E-state index in [9.17, 15) is 0 Å². The van der Waals surface area contributed by atoms with Crippen LogP contribution in [0.3, 0.4) is 0 Å². The quantitative estimate of drug-likeness (QED) is 0.411. The molecule has 1 aliphatic rings. The van der Waals surface area contributed by atoms with Crippen LogP contribution in [0.4, 0.5) is 0 Å². The molecule has 5 heteroatoms. The van der Waals surface area contributed by atoms with Gasteiger partial charge in [-0.3, -0.25) is 4.99 Å². The fraction of sp³-hybridized carbons (Fsp3) is 0.933. The van der Waals surface area contributed by atoms with Gasteiger partial charge in [0.1, 0.15) is 0 Å². The normalized spacial score (nSPS) is 23.4. The van der Waals surface area contributed by atoms with Crippen molar-refractivity contribution < 1.29 is 4.74 Å². The summed E-state index contributed by atoms with van der Waals surface area (Å²) in [5.74, 6) is 2.81. The summed E-state index contributed by atoms with van der Waals surface area (Å²) in [7, 11) is 1.83. The smallest absolute Gasteiger partial charge is 0.191 e. The van der Waals surface area contributed by atoms with Crippen molar-refractivity contribution in [2.75, 3.05) is 39.1 Å². The van der Waals surface area contributed by atoms with Gasteiger partial charge in [-0.2, -0.15) is 11.8 Å². The summed E-state index contributed by atoms with van der Waals surface area (Å²) in [5, 5.41) is 6.79. The van der Waals surface area contributed by atoms with Gasteiger partial charge < -0.3 is 15.4 Å². The third kappa shape index (κ3) is 7.39. The molecule has 0 bridgehead atoms. The number of guanidine groups is 1. The molecule has 1 rings (SSSR count). The Balaban J connectivity index is 2.08. The molecular weight excluding hydrogens is 270 g/mol. The Morgan fingerprint density at radius 2 is 2.20 bits per heavy atom. The molecule has 1 saturated heterocycles. The molecule has 1 atom stereocenters. The molecule has 1 aliphatic heterocycles. The zero-order valence-electron chi connectivity index (χ0n) is 13.5. The van der Waals surface area contributed by atoms with Crippen molar-refractivity contribution in [2.24, 2.45) is 10.9 Å². The molecule has 0 amide bonds. The molecule has 0 aromatic heterocycles. The highest BCUT2D eigenvalue weighted by atomic mass is 32.2. The highest BCUT2D eigenvalue weighted by molar-refractivity contribution is 8.00. The maximum Gasteiger partial charge on any atom is 0.191 e. The largest absolute Gasteiger partial charge is 0.381 e. The van der Waals surface area contributed by atoms with Gasteiger partial charge in [-0.05, 0) is 37.9 Å². The Hall–Kier alpha value is -0.420. The van der Waals surface area contributed by atoms with Crippen molar-refractivity contribution in [1.29, 1.82) is 0 Å². The van der Waals surface area contributed by atoms with Crippen LogP contribution in [0.2, 0.25) is 0 Å². The number of hydrogen-bond acceptors (Lipinski definition) is 3. The molecule has 0 radical (unpaired) electrons. The predicted octanol–water partition coefficient (Wildman–Crippen LogP) is 2.50. The van der Waals surface area contributed by atoms with Gasteiger partial charge in [0.25, 0.3) is 0 Å². The van der Waals surface area contributed by atoms with Crippen LogP contribution in [0.25, 0.3) is 0 Å². The minimum absolute atomic E-state index is 0.373. The van der Waals surface area contributed by atoms with E-state index >= 15 is 0 Å². The number of rotatable bonds is 8. The molecule has 0 saturated carbocycles. The molecule has 0 aromatic carbocycles. The van der Waals surface area contributed by atoms with Crippen LogP contribution < -0.4 is 10.6 Å². The van der Waals surface area contributed by atoms with Crippen molar-refractivity contribution in [2.45, 2.75) is 44.8 Å². The molecule has 0 aliphatic carbocycles. The molecular formula is C15H31N3OS. The molecule has 1 fully saturated rings. The summed E-state index contributed by atoms with van der Waals surface area (Å²) >= 11 is 2.07. The van der Waals surface area contributed by atoms with Crippen molar-refractivity contribution in [3.05, 3.63) is 0 Å². The fourth-order valence-corrected chi connectivity index (χ4v) is 3.41. The predicted molar refractivity (Wildman–Crippen MR) is 89.7 cm³/mol. The summed E-state index contributed by atoms with van der Waals surface area (Å²) in [5.41, 5.74) is 0. The van der Waals surface area contributed by atoms with Gasteiger partial charge in [0, 0.05) is 38.1 Å². The minimum Gasteiger partial charge on any atom is -0.381 e. The van der Waals surface area contributed by atoms with E-state index in [2.05, 4.69) is 48.2 Å². The van der Waals surface area contributed by atoms with Gasteiger partial charge in [0.2, 0.25) is 0 Å². The molecule has 118 valence electrons. The van der Waals surface area contributed by atoms with Crippen molar-refractivity contribution in [3.8, 4) is 0 Å². The SMILES string of the molecule is CN=C(NCCCOCC(C)C)NCC1(C)CCCS1. The van der Waals surface area contributed by atoms with E-state index in [4.69, 9.17) is 4.74 Å².